The van der Waals surface area contributed by atoms with E-state index in [2.05, 4.69) is 12.1 Å². The average molecular weight is 322 g/mol. The van der Waals surface area contributed by atoms with Crippen molar-refractivity contribution in [2.75, 3.05) is 20.8 Å². The van der Waals surface area contributed by atoms with Crippen molar-refractivity contribution in [2.24, 2.45) is 0 Å². The Kier molecular flexibility index (Phi) is 8.61. The van der Waals surface area contributed by atoms with E-state index in [1.165, 1.54) is 5.56 Å². The summed E-state index contributed by atoms with van der Waals surface area (Å²) in [5, 5.41) is 0. The van der Waals surface area contributed by atoms with Crippen molar-refractivity contribution in [1.29, 1.82) is 0 Å². The molecular formula is C19H30O4. The Bertz CT molecular complexity index is 399. The lowest BCUT2D eigenvalue weighted by atomic mass is 9.92. The van der Waals surface area contributed by atoms with Crippen LogP contribution < -0.4 is 0 Å². The lowest BCUT2D eigenvalue weighted by Crippen LogP contribution is -2.37. The monoisotopic (exact) mass is 322 g/mol. The minimum Gasteiger partial charge on any atom is -0.378 e. The highest BCUT2D eigenvalue weighted by molar-refractivity contribution is 5.13. The molecule has 1 fully saturated rings. The van der Waals surface area contributed by atoms with Crippen molar-refractivity contribution in [1.82, 2.24) is 0 Å². The second-order valence-electron chi connectivity index (χ2n) is 6.13. The summed E-state index contributed by atoms with van der Waals surface area (Å²) in [6.07, 6.45) is 7.08. The number of hydrogen-bond acceptors (Lipinski definition) is 4. The van der Waals surface area contributed by atoms with Gasteiger partial charge in [-0.2, -0.15) is 0 Å². The summed E-state index contributed by atoms with van der Waals surface area (Å²) in [5.41, 5.74) is 1.24. The van der Waals surface area contributed by atoms with Crippen LogP contribution in [0.15, 0.2) is 30.3 Å². The minimum atomic E-state index is -0.0647. The molecule has 1 saturated carbocycles. The van der Waals surface area contributed by atoms with Gasteiger partial charge in [-0.25, -0.2) is 0 Å². The van der Waals surface area contributed by atoms with Gasteiger partial charge in [0.25, 0.3) is 0 Å². The summed E-state index contributed by atoms with van der Waals surface area (Å²) < 4.78 is 22.1. The van der Waals surface area contributed by atoms with Crippen LogP contribution in [0, 0.1) is 0 Å². The van der Waals surface area contributed by atoms with Gasteiger partial charge in [0.15, 0.2) is 6.29 Å². The Hall–Kier alpha value is -0.940. The number of methoxy groups -OCH3 is 2. The maximum absolute atomic E-state index is 5.88. The highest BCUT2D eigenvalue weighted by atomic mass is 16.7. The molecule has 0 atom stereocenters. The molecular weight excluding hydrogens is 292 g/mol. The molecule has 0 bridgehead atoms. The Morgan fingerprint density at radius 3 is 2.30 bits per heavy atom. The van der Waals surface area contributed by atoms with Crippen LogP contribution in [-0.4, -0.2) is 39.3 Å². The number of unbranched alkanes of at least 4 members (excludes halogenated alkanes) is 2. The number of ether oxygens (including phenoxy) is 4. The van der Waals surface area contributed by atoms with Crippen LogP contribution >= 0.6 is 0 Å². The van der Waals surface area contributed by atoms with Gasteiger partial charge < -0.3 is 18.9 Å². The predicted octanol–water partition coefficient (Wildman–Crippen LogP) is 3.93. The topological polar surface area (TPSA) is 36.9 Å². The van der Waals surface area contributed by atoms with E-state index >= 15 is 0 Å². The van der Waals surface area contributed by atoms with E-state index in [9.17, 15) is 0 Å². The Morgan fingerprint density at radius 1 is 0.913 bits per heavy atom. The molecule has 0 amide bonds. The summed E-state index contributed by atoms with van der Waals surface area (Å²) in [6.45, 7) is 1.55. The van der Waals surface area contributed by atoms with Crippen LogP contribution in [0.1, 0.15) is 44.1 Å². The van der Waals surface area contributed by atoms with Crippen LogP contribution in [0.3, 0.4) is 0 Å². The van der Waals surface area contributed by atoms with Crippen LogP contribution in [-0.2, 0) is 25.6 Å². The summed E-state index contributed by atoms with van der Waals surface area (Å²) in [6, 6.07) is 10.3. The fraction of sp³-hybridized carbons (Fsp3) is 0.684. The van der Waals surface area contributed by atoms with Gasteiger partial charge in [0, 0.05) is 20.8 Å². The zero-order valence-corrected chi connectivity index (χ0v) is 14.4. The van der Waals surface area contributed by atoms with E-state index in [-0.39, 0.29) is 6.29 Å². The molecule has 0 radical (unpaired) electrons. The Labute approximate surface area is 140 Å². The summed E-state index contributed by atoms with van der Waals surface area (Å²) in [4.78, 5) is 0. The first-order valence-corrected chi connectivity index (χ1v) is 8.64. The van der Waals surface area contributed by atoms with E-state index in [4.69, 9.17) is 18.9 Å². The molecule has 1 aromatic carbocycles. The smallest absolute Gasteiger partial charge is 0.156 e. The molecule has 0 spiro atoms. The summed E-state index contributed by atoms with van der Waals surface area (Å²) in [7, 11) is 3.37. The molecule has 4 nitrogen and oxygen atoms in total. The van der Waals surface area contributed by atoms with Crippen LogP contribution in [0.4, 0.5) is 0 Å². The second kappa shape index (κ2) is 10.8. The van der Waals surface area contributed by atoms with Gasteiger partial charge in [-0.3, -0.25) is 0 Å². The fourth-order valence-electron chi connectivity index (χ4n) is 2.75. The zero-order chi connectivity index (χ0) is 16.3. The van der Waals surface area contributed by atoms with Gasteiger partial charge in [0.1, 0.15) is 0 Å². The van der Waals surface area contributed by atoms with Gasteiger partial charge >= 0.3 is 0 Å². The first-order chi connectivity index (χ1) is 11.3. The third-order valence-corrected chi connectivity index (χ3v) is 4.34. The molecule has 1 aliphatic carbocycles. The van der Waals surface area contributed by atoms with Gasteiger partial charge in [-0.05, 0) is 37.7 Å². The normalized spacial score (nSPS) is 20.7. The highest BCUT2D eigenvalue weighted by Crippen LogP contribution is 2.27. The summed E-state index contributed by atoms with van der Waals surface area (Å²) >= 11 is 0. The molecule has 0 aromatic heterocycles. The molecule has 1 aromatic rings. The molecule has 1 aliphatic rings. The fourth-order valence-corrected chi connectivity index (χ4v) is 2.75. The van der Waals surface area contributed by atoms with E-state index < -0.39 is 0 Å². The number of benzene rings is 1. The zero-order valence-electron chi connectivity index (χ0n) is 14.4. The van der Waals surface area contributed by atoms with Crippen LogP contribution in [0.5, 0.6) is 0 Å². The molecule has 23 heavy (non-hydrogen) atoms. The van der Waals surface area contributed by atoms with E-state index in [1.54, 1.807) is 14.2 Å². The van der Waals surface area contributed by atoms with E-state index in [0.29, 0.717) is 18.8 Å². The first kappa shape index (κ1) is 18.4. The van der Waals surface area contributed by atoms with Crippen molar-refractivity contribution in [3.8, 4) is 0 Å². The molecule has 0 saturated heterocycles. The van der Waals surface area contributed by atoms with Crippen LogP contribution in [0.2, 0.25) is 0 Å². The minimum absolute atomic E-state index is 0.0647. The Balaban J connectivity index is 1.41. The molecule has 4 heteroatoms. The summed E-state index contributed by atoms with van der Waals surface area (Å²) in [5.74, 6) is 0. The Morgan fingerprint density at radius 2 is 1.61 bits per heavy atom. The average Bonchev–Trinajstić information content (AvgIpc) is 2.56. The lowest BCUT2D eigenvalue weighted by Gasteiger charge is -2.35. The quantitative estimate of drug-likeness (QED) is 0.431. The van der Waals surface area contributed by atoms with Crippen molar-refractivity contribution in [3.63, 3.8) is 0 Å². The van der Waals surface area contributed by atoms with E-state index in [0.717, 1.165) is 45.1 Å². The standard InChI is InChI=1S/C19H30O4/c1-20-19(21-2)11-7-4-8-12-22-17-13-18(14-17)23-15-16-9-5-3-6-10-16/h3,5-6,9-10,17-19H,4,7-8,11-15H2,1-2H3. The molecule has 0 aliphatic heterocycles. The van der Waals surface area contributed by atoms with E-state index in [1.807, 2.05) is 18.2 Å². The third-order valence-electron chi connectivity index (χ3n) is 4.34. The van der Waals surface area contributed by atoms with Gasteiger partial charge in [0.2, 0.25) is 0 Å². The van der Waals surface area contributed by atoms with Crippen molar-refractivity contribution >= 4 is 0 Å². The third kappa shape index (κ3) is 7.00. The first-order valence-electron chi connectivity index (χ1n) is 8.64. The predicted molar refractivity (Wildman–Crippen MR) is 90.3 cm³/mol. The lowest BCUT2D eigenvalue weighted by molar-refractivity contribution is -0.110. The number of hydrogen-bond donors (Lipinski definition) is 0. The van der Waals surface area contributed by atoms with Gasteiger partial charge in [-0.15, -0.1) is 0 Å². The highest BCUT2D eigenvalue weighted by Gasteiger charge is 2.30. The van der Waals surface area contributed by atoms with Crippen molar-refractivity contribution < 1.29 is 18.9 Å². The molecule has 130 valence electrons. The molecule has 2 rings (SSSR count). The second-order valence-corrected chi connectivity index (χ2v) is 6.13. The van der Waals surface area contributed by atoms with Crippen molar-refractivity contribution in [2.45, 2.75) is 63.6 Å². The molecule has 0 N–H and O–H groups in total. The van der Waals surface area contributed by atoms with Gasteiger partial charge in [0.05, 0.1) is 18.8 Å². The van der Waals surface area contributed by atoms with Crippen molar-refractivity contribution in [3.05, 3.63) is 35.9 Å². The SMILES string of the molecule is COC(CCCCCOC1CC(OCc2ccccc2)C1)OC. The molecule has 0 unspecified atom stereocenters. The number of rotatable bonds is 12. The molecule has 0 heterocycles. The van der Waals surface area contributed by atoms with Crippen LogP contribution in [0.25, 0.3) is 0 Å². The largest absolute Gasteiger partial charge is 0.378 e. The maximum atomic E-state index is 5.88. The van der Waals surface area contributed by atoms with Gasteiger partial charge in [-0.1, -0.05) is 36.8 Å². The maximum Gasteiger partial charge on any atom is 0.156 e.